The molecule has 0 radical (unpaired) electrons. The Hall–Kier alpha value is -1.02. The van der Waals surface area contributed by atoms with E-state index < -0.39 is 0 Å². The zero-order valence-corrected chi connectivity index (χ0v) is 13.2. The Morgan fingerprint density at radius 2 is 2.05 bits per heavy atom. The minimum atomic E-state index is 0.352. The molecule has 1 aromatic carbocycles. The molecule has 1 N–H and O–H groups in total. The van der Waals surface area contributed by atoms with Crippen LogP contribution in [0, 0.1) is 0 Å². The van der Waals surface area contributed by atoms with Crippen molar-refractivity contribution in [3.05, 3.63) is 29.3 Å². The maximum Gasteiger partial charge on any atom is 0.120 e. The first-order chi connectivity index (χ1) is 9.78. The molecule has 0 fully saturated rings. The first kappa shape index (κ1) is 15.4. The topological polar surface area (TPSA) is 21.3 Å². The highest BCUT2D eigenvalue weighted by Crippen LogP contribution is 2.32. The lowest BCUT2D eigenvalue weighted by molar-refractivity contribution is 0.192. The van der Waals surface area contributed by atoms with Crippen molar-refractivity contribution in [2.75, 3.05) is 6.54 Å². The molecular weight excluding hydrogens is 246 g/mol. The third kappa shape index (κ3) is 3.76. The average molecular weight is 275 g/mol. The maximum atomic E-state index is 6.07. The van der Waals surface area contributed by atoms with E-state index in [4.69, 9.17) is 4.74 Å². The van der Waals surface area contributed by atoms with Crippen LogP contribution in [0.1, 0.15) is 70.0 Å². The van der Waals surface area contributed by atoms with Crippen molar-refractivity contribution in [2.45, 2.75) is 71.4 Å². The zero-order valence-electron chi connectivity index (χ0n) is 13.2. The van der Waals surface area contributed by atoms with E-state index in [1.165, 1.54) is 36.8 Å². The van der Waals surface area contributed by atoms with E-state index in [0.29, 0.717) is 12.1 Å². The monoisotopic (exact) mass is 275 g/mol. The maximum absolute atomic E-state index is 6.07. The van der Waals surface area contributed by atoms with Crippen molar-refractivity contribution < 1.29 is 4.74 Å². The van der Waals surface area contributed by atoms with E-state index in [1.807, 2.05) is 0 Å². The Kier molecular flexibility index (Phi) is 5.90. The van der Waals surface area contributed by atoms with E-state index in [0.717, 1.165) is 25.1 Å². The summed E-state index contributed by atoms with van der Waals surface area (Å²) >= 11 is 0. The molecule has 2 heteroatoms. The van der Waals surface area contributed by atoms with Gasteiger partial charge < -0.3 is 10.1 Å². The molecular formula is C18H29NO. The summed E-state index contributed by atoms with van der Waals surface area (Å²) in [5, 5.41) is 3.67. The lowest BCUT2D eigenvalue weighted by Gasteiger charge is -2.27. The molecule has 0 heterocycles. The van der Waals surface area contributed by atoms with Gasteiger partial charge in [-0.05, 0) is 68.3 Å². The summed E-state index contributed by atoms with van der Waals surface area (Å²) in [6, 6.07) is 7.25. The van der Waals surface area contributed by atoms with Gasteiger partial charge in [0.2, 0.25) is 0 Å². The van der Waals surface area contributed by atoms with Crippen LogP contribution in [0.15, 0.2) is 18.2 Å². The van der Waals surface area contributed by atoms with E-state index in [1.54, 1.807) is 0 Å². The van der Waals surface area contributed by atoms with Crippen LogP contribution in [-0.2, 0) is 6.42 Å². The highest BCUT2D eigenvalue weighted by Gasteiger charge is 2.20. The van der Waals surface area contributed by atoms with Crippen molar-refractivity contribution in [3.63, 3.8) is 0 Å². The summed E-state index contributed by atoms with van der Waals surface area (Å²) in [6.45, 7) is 7.72. The molecule has 2 rings (SSSR count). The van der Waals surface area contributed by atoms with Crippen LogP contribution in [0.2, 0.25) is 0 Å². The second-order valence-corrected chi connectivity index (χ2v) is 5.82. The van der Waals surface area contributed by atoms with Gasteiger partial charge in [-0.15, -0.1) is 0 Å². The Balaban J connectivity index is 2.10. The average Bonchev–Trinajstić information content (AvgIpc) is 2.50. The third-order valence-corrected chi connectivity index (χ3v) is 4.28. The summed E-state index contributed by atoms with van der Waals surface area (Å²) in [4.78, 5) is 0. The van der Waals surface area contributed by atoms with Crippen molar-refractivity contribution in [2.24, 2.45) is 0 Å². The molecule has 0 saturated heterocycles. The molecule has 20 heavy (non-hydrogen) atoms. The van der Waals surface area contributed by atoms with Gasteiger partial charge in [-0.25, -0.2) is 0 Å². The van der Waals surface area contributed by atoms with Crippen LogP contribution in [-0.4, -0.2) is 12.6 Å². The van der Waals surface area contributed by atoms with Crippen LogP contribution in [0.4, 0.5) is 0 Å². The van der Waals surface area contributed by atoms with Gasteiger partial charge in [-0.2, -0.15) is 0 Å². The number of ether oxygens (including phenoxy) is 1. The Labute approximate surface area is 123 Å². The highest BCUT2D eigenvalue weighted by molar-refractivity contribution is 5.39. The summed E-state index contributed by atoms with van der Waals surface area (Å²) < 4.78 is 6.07. The number of benzene rings is 1. The lowest BCUT2D eigenvalue weighted by atomic mass is 9.87. The molecule has 2 nitrogen and oxygen atoms in total. The van der Waals surface area contributed by atoms with Crippen molar-refractivity contribution in [1.82, 2.24) is 5.32 Å². The summed E-state index contributed by atoms with van der Waals surface area (Å²) in [5.41, 5.74) is 2.97. The molecule has 1 atom stereocenters. The fourth-order valence-electron chi connectivity index (χ4n) is 3.04. The van der Waals surface area contributed by atoms with Gasteiger partial charge in [-0.3, -0.25) is 0 Å². The summed E-state index contributed by atoms with van der Waals surface area (Å²) in [5.74, 6) is 1.05. The number of aryl methyl sites for hydroxylation is 1. The van der Waals surface area contributed by atoms with Gasteiger partial charge in [0.1, 0.15) is 5.75 Å². The first-order valence-electron chi connectivity index (χ1n) is 8.31. The van der Waals surface area contributed by atoms with Gasteiger partial charge in [-0.1, -0.05) is 26.8 Å². The molecule has 1 aliphatic carbocycles. The zero-order chi connectivity index (χ0) is 14.4. The Morgan fingerprint density at radius 3 is 2.75 bits per heavy atom. The molecule has 0 spiro atoms. The molecule has 112 valence electrons. The molecule has 0 saturated carbocycles. The minimum absolute atomic E-state index is 0.352. The van der Waals surface area contributed by atoms with Gasteiger partial charge >= 0.3 is 0 Å². The van der Waals surface area contributed by atoms with Crippen molar-refractivity contribution >= 4 is 0 Å². The van der Waals surface area contributed by atoms with Gasteiger partial charge in [0, 0.05) is 6.04 Å². The highest BCUT2D eigenvalue weighted by atomic mass is 16.5. The first-order valence-corrected chi connectivity index (χ1v) is 8.31. The number of hydrogen-bond donors (Lipinski definition) is 1. The van der Waals surface area contributed by atoms with Crippen molar-refractivity contribution in [1.29, 1.82) is 0 Å². The van der Waals surface area contributed by atoms with Crippen molar-refractivity contribution in [3.8, 4) is 5.75 Å². The van der Waals surface area contributed by atoms with E-state index >= 15 is 0 Å². The molecule has 0 bridgehead atoms. The molecule has 1 unspecified atom stereocenters. The van der Waals surface area contributed by atoms with E-state index in [9.17, 15) is 0 Å². The van der Waals surface area contributed by atoms with E-state index in [-0.39, 0.29) is 0 Å². The van der Waals surface area contributed by atoms with Gasteiger partial charge in [0.25, 0.3) is 0 Å². The molecule has 1 aromatic rings. The quantitative estimate of drug-likeness (QED) is 0.783. The normalized spacial score (nSPS) is 18.1. The number of hydrogen-bond acceptors (Lipinski definition) is 2. The number of rotatable bonds is 7. The Bertz CT molecular complexity index is 412. The van der Waals surface area contributed by atoms with Crippen LogP contribution < -0.4 is 10.1 Å². The summed E-state index contributed by atoms with van der Waals surface area (Å²) in [7, 11) is 0. The Morgan fingerprint density at radius 1 is 1.25 bits per heavy atom. The molecule has 1 aliphatic rings. The van der Waals surface area contributed by atoms with Crippen LogP contribution in [0.25, 0.3) is 0 Å². The molecule has 0 amide bonds. The van der Waals surface area contributed by atoms with Gasteiger partial charge in [0.05, 0.1) is 6.10 Å². The smallest absolute Gasteiger partial charge is 0.120 e. The SMILES string of the molecule is CCCNC1CCCc2cc(OC(CC)CC)ccc21. The van der Waals surface area contributed by atoms with Crippen LogP contribution in [0.5, 0.6) is 5.75 Å². The predicted octanol–water partition coefficient (Wildman–Crippen LogP) is 4.63. The standard InChI is InChI=1S/C18H29NO/c1-4-12-19-18-9-7-8-14-13-16(10-11-17(14)18)20-15(5-2)6-3/h10-11,13,15,18-19H,4-9,12H2,1-3H3. The van der Waals surface area contributed by atoms with Crippen LogP contribution in [0.3, 0.4) is 0 Å². The number of fused-ring (bicyclic) bond motifs is 1. The third-order valence-electron chi connectivity index (χ3n) is 4.28. The van der Waals surface area contributed by atoms with Crippen LogP contribution >= 0.6 is 0 Å². The summed E-state index contributed by atoms with van der Waals surface area (Å²) in [6.07, 6.45) is 7.44. The fourth-order valence-corrected chi connectivity index (χ4v) is 3.04. The lowest BCUT2D eigenvalue weighted by Crippen LogP contribution is -2.26. The number of nitrogens with one attached hydrogen (secondary N) is 1. The van der Waals surface area contributed by atoms with E-state index in [2.05, 4.69) is 44.3 Å². The predicted molar refractivity (Wildman–Crippen MR) is 85.4 cm³/mol. The largest absolute Gasteiger partial charge is 0.490 e. The fraction of sp³-hybridized carbons (Fsp3) is 0.667. The molecule has 0 aliphatic heterocycles. The minimum Gasteiger partial charge on any atom is -0.490 e. The second kappa shape index (κ2) is 7.68. The second-order valence-electron chi connectivity index (χ2n) is 5.82. The van der Waals surface area contributed by atoms with Gasteiger partial charge in [0.15, 0.2) is 0 Å². The molecule has 0 aromatic heterocycles.